The van der Waals surface area contributed by atoms with Crippen molar-refractivity contribution in [3.05, 3.63) is 50.9 Å². The molecule has 0 spiro atoms. The average molecular weight is 541 g/mol. The predicted molar refractivity (Wildman–Crippen MR) is 93.2 cm³/mol. The van der Waals surface area contributed by atoms with Crippen LogP contribution in [0.1, 0.15) is 5.56 Å². The van der Waals surface area contributed by atoms with Crippen LogP contribution < -0.4 is 0 Å². The number of hydrogen-bond acceptors (Lipinski definition) is 1. The molecule has 0 aliphatic rings. The summed E-state index contributed by atoms with van der Waals surface area (Å²) < 4.78 is 104. The Morgan fingerprint density at radius 1 is 1.00 bits per heavy atom. The Bertz CT molecular complexity index is 855. The van der Waals surface area contributed by atoms with Crippen molar-refractivity contribution in [1.29, 1.82) is 0 Å². The van der Waals surface area contributed by atoms with E-state index < -0.39 is 33.4 Å². The van der Waals surface area contributed by atoms with Crippen LogP contribution in [0, 0.1) is 13.0 Å². The molecule has 27 heavy (non-hydrogen) atoms. The number of alkyl halides is 7. The third kappa shape index (κ3) is 4.01. The third-order valence-electron chi connectivity index (χ3n) is 3.52. The van der Waals surface area contributed by atoms with E-state index in [0.717, 1.165) is 6.07 Å². The fourth-order valence-corrected chi connectivity index (χ4v) is 5.03. The molecule has 2 aromatic carbocycles. The molecule has 0 N–H and O–H groups in total. The fraction of sp³-hybridized carbons (Fsp3) is 0.250. The molecule has 1 unspecified atom stereocenters. The Morgan fingerprint density at radius 2 is 1.56 bits per heavy atom. The zero-order valence-electron chi connectivity index (χ0n) is 13.1. The molecule has 0 saturated heterocycles. The van der Waals surface area contributed by atoms with E-state index in [1.165, 1.54) is 12.1 Å². The lowest BCUT2D eigenvalue weighted by molar-refractivity contribution is -0.332. The van der Waals surface area contributed by atoms with Crippen LogP contribution in [0.3, 0.4) is 0 Å². The second-order valence-corrected chi connectivity index (χ2v) is 8.48. The quantitative estimate of drug-likeness (QED) is 0.306. The molecule has 2 aromatic rings. The van der Waals surface area contributed by atoms with Crippen molar-refractivity contribution in [2.75, 3.05) is 0 Å². The van der Waals surface area contributed by atoms with Gasteiger partial charge in [-0.1, -0.05) is 24.3 Å². The molecule has 0 bridgehead atoms. The summed E-state index contributed by atoms with van der Waals surface area (Å²) in [5, 5.41) is -5.90. The van der Waals surface area contributed by atoms with Crippen molar-refractivity contribution in [3.63, 3.8) is 0 Å². The second kappa shape index (κ2) is 7.57. The van der Waals surface area contributed by atoms with Crippen molar-refractivity contribution in [3.8, 4) is 11.1 Å². The van der Waals surface area contributed by atoms with Gasteiger partial charge in [0.2, 0.25) is 0 Å². The monoisotopic (exact) mass is 539 g/mol. The molecule has 0 amide bonds. The van der Waals surface area contributed by atoms with Gasteiger partial charge in [-0.2, -0.15) is 22.0 Å². The Labute approximate surface area is 169 Å². The molecule has 1 atom stereocenters. The normalized spacial score (nSPS) is 14.3. The van der Waals surface area contributed by atoms with Gasteiger partial charge in [-0.25, -0.2) is 0 Å². The maximum atomic E-state index is 14.0. The second-order valence-electron chi connectivity index (χ2n) is 5.34. The summed E-state index contributed by atoms with van der Waals surface area (Å²) in [6, 6.07) is 9.52. The van der Waals surface area contributed by atoms with E-state index in [1.807, 2.05) is 0 Å². The van der Waals surface area contributed by atoms with Gasteiger partial charge in [-0.05, 0) is 49.9 Å². The first-order valence-corrected chi connectivity index (χ1v) is 9.67. The summed E-state index contributed by atoms with van der Waals surface area (Å²) in [6.45, 7) is 1.57. The minimum Gasteiger partial charge on any atom is -0.606 e. The predicted octanol–water partition coefficient (Wildman–Crippen LogP) is 6.89. The van der Waals surface area contributed by atoms with E-state index in [2.05, 4.69) is 37.9 Å². The lowest BCUT2D eigenvalue weighted by atomic mass is 10.0. The first kappa shape index (κ1) is 22.5. The number of benzene rings is 2. The van der Waals surface area contributed by atoms with Gasteiger partial charge in [0.05, 0.1) is 16.7 Å². The standard InChI is InChI=1S/C16H8Br2F7OS/c1-8-4-2-3-5-10(8)13-11(18)6-9(17)7-12(13)27(26)16(24,25)14(19,20)15(21,22)23/h2-5,7H,1H3. The highest BCUT2D eigenvalue weighted by molar-refractivity contribution is 9.11. The van der Waals surface area contributed by atoms with Crippen molar-refractivity contribution >= 4 is 43.0 Å². The maximum absolute atomic E-state index is 14.0. The van der Waals surface area contributed by atoms with E-state index in [0.29, 0.717) is 5.56 Å². The van der Waals surface area contributed by atoms with Crippen molar-refractivity contribution in [2.45, 2.75) is 29.2 Å². The third-order valence-corrected chi connectivity index (χ3v) is 5.99. The lowest BCUT2D eigenvalue weighted by Gasteiger charge is -2.29. The highest BCUT2D eigenvalue weighted by atomic mass is 79.9. The van der Waals surface area contributed by atoms with Gasteiger partial charge >= 0.3 is 17.4 Å². The topological polar surface area (TPSA) is 23.1 Å². The number of halogens is 9. The molecule has 0 aliphatic heterocycles. The first-order valence-electron chi connectivity index (χ1n) is 6.93. The largest absolute Gasteiger partial charge is 0.606 e. The number of hydrogen-bond donors (Lipinski definition) is 0. The molecule has 0 fully saturated rings. The molecule has 0 aromatic heterocycles. The van der Waals surface area contributed by atoms with E-state index in [1.54, 1.807) is 19.1 Å². The SMILES string of the molecule is Cc1ccccc1-c1c(Br)[c]c(Br)cc1[S+]([O-])C(F)(F)C(F)(F)C(F)(F)F. The van der Waals surface area contributed by atoms with Crippen molar-refractivity contribution in [2.24, 2.45) is 0 Å². The van der Waals surface area contributed by atoms with Crippen molar-refractivity contribution < 1.29 is 35.3 Å². The molecule has 147 valence electrons. The summed E-state index contributed by atoms with van der Waals surface area (Å²) in [5.74, 6) is -6.49. The van der Waals surface area contributed by atoms with Gasteiger partial charge in [0.1, 0.15) is 0 Å². The first-order chi connectivity index (χ1) is 12.2. The Morgan fingerprint density at radius 3 is 2.07 bits per heavy atom. The zero-order chi connectivity index (χ0) is 20.8. The van der Waals surface area contributed by atoms with E-state index in [4.69, 9.17) is 0 Å². The van der Waals surface area contributed by atoms with Gasteiger partial charge in [0.15, 0.2) is 4.90 Å². The number of rotatable bonds is 4. The highest BCUT2D eigenvalue weighted by Crippen LogP contribution is 2.52. The van der Waals surface area contributed by atoms with Crippen LogP contribution in [-0.4, -0.2) is 21.9 Å². The smallest absolute Gasteiger partial charge is 0.486 e. The van der Waals surface area contributed by atoms with Gasteiger partial charge in [0, 0.05) is 21.1 Å². The van der Waals surface area contributed by atoms with Gasteiger partial charge in [0.25, 0.3) is 0 Å². The lowest BCUT2D eigenvalue weighted by Crippen LogP contribution is -2.56. The minimum absolute atomic E-state index is 0.0272. The molecule has 0 heterocycles. The maximum Gasteiger partial charge on any atom is 0.486 e. The summed E-state index contributed by atoms with van der Waals surface area (Å²) in [7, 11) is 0. The highest BCUT2D eigenvalue weighted by Gasteiger charge is 2.80. The van der Waals surface area contributed by atoms with Crippen LogP contribution in [0.4, 0.5) is 30.7 Å². The minimum atomic E-state index is -6.58. The molecule has 1 nitrogen and oxygen atoms in total. The fourth-order valence-electron chi connectivity index (χ4n) is 2.17. The van der Waals surface area contributed by atoms with Crippen LogP contribution >= 0.6 is 31.9 Å². The molecule has 0 saturated carbocycles. The van der Waals surface area contributed by atoms with Crippen molar-refractivity contribution in [1.82, 2.24) is 0 Å². The molecule has 1 radical (unpaired) electrons. The Kier molecular flexibility index (Phi) is 6.31. The summed E-state index contributed by atoms with van der Waals surface area (Å²) >= 11 is 1.87. The molecular weight excluding hydrogens is 533 g/mol. The molecular formula is C16H8Br2F7OS. The van der Waals surface area contributed by atoms with Gasteiger partial charge in [-0.3, -0.25) is 0 Å². The summed E-state index contributed by atoms with van der Waals surface area (Å²) in [6.07, 6.45) is -6.58. The molecule has 2 rings (SSSR count). The van der Waals surface area contributed by atoms with Crippen LogP contribution in [0.2, 0.25) is 0 Å². The number of aryl methyl sites for hydroxylation is 1. The van der Waals surface area contributed by atoms with Gasteiger partial charge < -0.3 is 4.55 Å². The van der Waals surface area contributed by atoms with Crippen LogP contribution in [-0.2, 0) is 11.2 Å². The van der Waals surface area contributed by atoms with Crippen LogP contribution in [0.15, 0.2) is 44.2 Å². The summed E-state index contributed by atoms with van der Waals surface area (Å²) in [5.41, 5.74) is 0.507. The summed E-state index contributed by atoms with van der Waals surface area (Å²) in [4.78, 5) is -0.893. The molecule has 0 aliphatic carbocycles. The van der Waals surface area contributed by atoms with Crippen LogP contribution in [0.25, 0.3) is 11.1 Å². The average Bonchev–Trinajstić information content (AvgIpc) is 2.53. The Hall–Kier alpha value is -0.780. The van der Waals surface area contributed by atoms with Crippen LogP contribution in [0.5, 0.6) is 0 Å². The molecule has 11 heteroatoms. The Balaban J connectivity index is 2.74. The van der Waals surface area contributed by atoms with E-state index in [9.17, 15) is 35.3 Å². The zero-order valence-corrected chi connectivity index (χ0v) is 17.1. The van der Waals surface area contributed by atoms with Gasteiger partial charge in [-0.15, -0.1) is 8.78 Å². The van der Waals surface area contributed by atoms with E-state index in [-0.39, 0.29) is 20.1 Å². The van der Waals surface area contributed by atoms with E-state index >= 15 is 0 Å².